The maximum absolute atomic E-state index is 6.35. The summed E-state index contributed by atoms with van der Waals surface area (Å²) in [6.07, 6.45) is 6.68. The molecule has 0 spiro atoms. The second kappa shape index (κ2) is 7.20. The van der Waals surface area contributed by atoms with Crippen molar-refractivity contribution in [1.82, 2.24) is 15.0 Å². The molecule has 2 aromatic carbocycles. The van der Waals surface area contributed by atoms with E-state index < -0.39 is 0 Å². The highest BCUT2D eigenvalue weighted by atomic mass is 15.4. The predicted octanol–water partition coefficient (Wildman–Crippen LogP) is 3.79. The molecule has 0 aliphatic rings. The van der Waals surface area contributed by atoms with Crippen molar-refractivity contribution in [2.75, 3.05) is 0 Å². The minimum absolute atomic E-state index is 0.339. The number of nitrogens with two attached hydrogens (primary N) is 1. The Balaban J connectivity index is 1.91. The molecular weight excluding hydrogens is 284 g/mol. The quantitative estimate of drug-likeness (QED) is 0.753. The molecule has 2 N–H and O–H groups in total. The Morgan fingerprint density at radius 1 is 1.09 bits per heavy atom. The molecule has 1 aromatic heterocycles. The Hall–Kier alpha value is -2.46. The molecule has 0 saturated carbocycles. The van der Waals surface area contributed by atoms with Gasteiger partial charge in [-0.15, -0.1) is 5.10 Å². The van der Waals surface area contributed by atoms with Crippen LogP contribution in [0.3, 0.4) is 0 Å². The van der Waals surface area contributed by atoms with Crippen LogP contribution >= 0.6 is 0 Å². The van der Waals surface area contributed by atoms with Gasteiger partial charge in [0.15, 0.2) is 0 Å². The van der Waals surface area contributed by atoms with E-state index in [1.165, 1.54) is 24.0 Å². The van der Waals surface area contributed by atoms with Crippen molar-refractivity contribution in [3.8, 4) is 11.1 Å². The highest BCUT2D eigenvalue weighted by molar-refractivity contribution is 5.68. The van der Waals surface area contributed by atoms with Crippen LogP contribution in [0.25, 0.3) is 11.1 Å². The summed E-state index contributed by atoms with van der Waals surface area (Å²) in [5.41, 5.74) is 11.1. The maximum atomic E-state index is 6.35. The molecule has 4 nitrogen and oxygen atoms in total. The summed E-state index contributed by atoms with van der Waals surface area (Å²) in [4.78, 5) is 0. The van der Waals surface area contributed by atoms with Crippen LogP contribution in [0, 0.1) is 0 Å². The molecule has 4 heteroatoms. The molecule has 1 heterocycles. The number of unbranched alkanes of at least 4 members (excludes halogenated alkanes) is 1. The van der Waals surface area contributed by atoms with E-state index in [1.807, 2.05) is 18.2 Å². The highest BCUT2D eigenvalue weighted by Crippen LogP contribution is 2.28. The van der Waals surface area contributed by atoms with E-state index in [2.05, 4.69) is 47.6 Å². The van der Waals surface area contributed by atoms with Crippen LogP contribution in [0.4, 0.5) is 0 Å². The first-order chi connectivity index (χ1) is 11.3. The highest BCUT2D eigenvalue weighted by Gasteiger charge is 2.14. The Morgan fingerprint density at radius 2 is 1.87 bits per heavy atom. The fraction of sp³-hybridized carbons (Fsp3) is 0.263. The molecule has 3 aromatic rings. The van der Waals surface area contributed by atoms with Gasteiger partial charge in [-0.25, -0.2) is 4.68 Å². The van der Waals surface area contributed by atoms with Crippen LogP contribution in [-0.2, 0) is 6.42 Å². The van der Waals surface area contributed by atoms with Crippen LogP contribution in [0.15, 0.2) is 60.9 Å². The first-order valence-electron chi connectivity index (χ1n) is 8.09. The zero-order valence-electron chi connectivity index (χ0n) is 13.4. The van der Waals surface area contributed by atoms with Gasteiger partial charge in [-0.3, -0.25) is 0 Å². The molecule has 1 atom stereocenters. The molecule has 0 saturated heterocycles. The molecule has 0 amide bonds. The van der Waals surface area contributed by atoms with Gasteiger partial charge < -0.3 is 5.73 Å². The van der Waals surface area contributed by atoms with E-state index in [9.17, 15) is 0 Å². The lowest BCUT2D eigenvalue weighted by molar-refractivity contribution is 0.523. The van der Waals surface area contributed by atoms with Gasteiger partial charge >= 0.3 is 0 Å². The van der Waals surface area contributed by atoms with Crippen LogP contribution in [0.5, 0.6) is 0 Å². The second-order valence-electron chi connectivity index (χ2n) is 5.72. The van der Waals surface area contributed by atoms with Crippen LogP contribution in [-0.4, -0.2) is 15.0 Å². The summed E-state index contributed by atoms with van der Waals surface area (Å²) >= 11 is 0. The van der Waals surface area contributed by atoms with Gasteiger partial charge in [-0.1, -0.05) is 67.1 Å². The van der Waals surface area contributed by atoms with Crippen molar-refractivity contribution in [2.45, 2.75) is 32.4 Å². The van der Waals surface area contributed by atoms with Gasteiger partial charge in [0.25, 0.3) is 0 Å². The van der Waals surface area contributed by atoms with Crippen molar-refractivity contribution in [1.29, 1.82) is 0 Å². The van der Waals surface area contributed by atoms with E-state index in [-0.39, 0.29) is 6.17 Å². The number of hydrogen-bond acceptors (Lipinski definition) is 3. The Bertz CT molecular complexity index is 732. The Labute approximate surface area is 137 Å². The van der Waals surface area contributed by atoms with Crippen molar-refractivity contribution < 1.29 is 0 Å². The predicted molar refractivity (Wildman–Crippen MR) is 92.8 cm³/mol. The summed E-state index contributed by atoms with van der Waals surface area (Å²) in [5.74, 6) is 0. The molecule has 0 aliphatic carbocycles. The fourth-order valence-electron chi connectivity index (χ4n) is 2.76. The number of nitrogens with zero attached hydrogens (tertiary/aromatic N) is 3. The third-order valence-corrected chi connectivity index (χ3v) is 4.09. The molecule has 1 unspecified atom stereocenters. The lowest BCUT2D eigenvalue weighted by Crippen LogP contribution is -2.21. The summed E-state index contributed by atoms with van der Waals surface area (Å²) in [5, 5.41) is 7.86. The third-order valence-electron chi connectivity index (χ3n) is 4.09. The second-order valence-corrected chi connectivity index (χ2v) is 5.72. The number of aryl methyl sites for hydroxylation is 1. The Morgan fingerprint density at radius 3 is 2.57 bits per heavy atom. The SMILES string of the molecule is CCCCc1ccc(-c2ccccc2C(N)n2ccnn2)cc1. The standard InChI is InChI=1S/C19H22N4/c1-2-3-6-15-9-11-16(12-10-15)17-7-4-5-8-18(17)19(20)23-14-13-21-22-23/h4-5,7-14,19H,2-3,6,20H2,1H3. The summed E-state index contributed by atoms with van der Waals surface area (Å²) in [6.45, 7) is 2.22. The molecule has 3 rings (SSSR count). The Kier molecular flexibility index (Phi) is 4.83. The lowest BCUT2D eigenvalue weighted by Gasteiger charge is -2.16. The largest absolute Gasteiger partial charge is 0.306 e. The minimum atomic E-state index is -0.339. The molecular formula is C19H22N4. The molecule has 0 bridgehead atoms. The number of hydrogen-bond donors (Lipinski definition) is 1. The topological polar surface area (TPSA) is 56.7 Å². The van der Waals surface area contributed by atoms with Gasteiger partial charge in [0.2, 0.25) is 0 Å². The van der Waals surface area contributed by atoms with E-state index in [0.717, 1.165) is 17.5 Å². The normalized spacial score (nSPS) is 12.3. The molecule has 0 radical (unpaired) electrons. The lowest BCUT2D eigenvalue weighted by atomic mass is 9.96. The zero-order valence-corrected chi connectivity index (χ0v) is 13.4. The fourth-order valence-corrected chi connectivity index (χ4v) is 2.76. The van der Waals surface area contributed by atoms with Gasteiger partial charge in [-0.05, 0) is 35.1 Å². The maximum Gasteiger partial charge on any atom is 0.127 e. The van der Waals surface area contributed by atoms with Crippen LogP contribution < -0.4 is 5.73 Å². The van der Waals surface area contributed by atoms with E-state index >= 15 is 0 Å². The third kappa shape index (κ3) is 3.48. The number of benzene rings is 2. The van der Waals surface area contributed by atoms with Crippen LogP contribution in [0.2, 0.25) is 0 Å². The smallest absolute Gasteiger partial charge is 0.127 e. The summed E-state index contributed by atoms with van der Waals surface area (Å²) in [7, 11) is 0. The first kappa shape index (κ1) is 15.4. The van der Waals surface area contributed by atoms with Crippen LogP contribution in [0.1, 0.15) is 37.1 Å². The average molecular weight is 306 g/mol. The summed E-state index contributed by atoms with van der Waals surface area (Å²) in [6, 6.07) is 17.0. The van der Waals surface area contributed by atoms with Crippen molar-refractivity contribution in [2.24, 2.45) is 5.73 Å². The van der Waals surface area contributed by atoms with Gasteiger partial charge in [0.1, 0.15) is 6.17 Å². The molecule has 0 fully saturated rings. The first-order valence-corrected chi connectivity index (χ1v) is 8.09. The van der Waals surface area contributed by atoms with Gasteiger partial charge in [0, 0.05) is 6.20 Å². The molecule has 118 valence electrons. The summed E-state index contributed by atoms with van der Waals surface area (Å²) < 4.78 is 1.68. The van der Waals surface area contributed by atoms with E-state index in [0.29, 0.717) is 0 Å². The number of aromatic nitrogens is 3. The average Bonchev–Trinajstić information content (AvgIpc) is 3.14. The van der Waals surface area contributed by atoms with Crippen molar-refractivity contribution >= 4 is 0 Å². The van der Waals surface area contributed by atoms with E-state index in [1.54, 1.807) is 17.1 Å². The monoisotopic (exact) mass is 306 g/mol. The number of rotatable bonds is 6. The molecule has 0 aliphatic heterocycles. The van der Waals surface area contributed by atoms with Crippen molar-refractivity contribution in [3.05, 3.63) is 72.1 Å². The van der Waals surface area contributed by atoms with Gasteiger partial charge in [0.05, 0.1) is 6.20 Å². The van der Waals surface area contributed by atoms with Gasteiger partial charge in [-0.2, -0.15) is 0 Å². The van der Waals surface area contributed by atoms with E-state index in [4.69, 9.17) is 5.73 Å². The molecule has 23 heavy (non-hydrogen) atoms. The van der Waals surface area contributed by atoms with Crippen molar-refractivity contribution in [3.63, 3.8) is 0 Å². The minimum Gasteiger partial charge on any atom is -0.306 e. The zero-order chi connectivity index (χ0) is 16.1.